The molecule has 0 saturated heterocycles. The van der Waals surface area contributed by atoms with Crippen LogP contribution >= 0.6 is 11.3 Å². The van der Waals surface area contributed by atoms with Crippen molar-refractivity contribution in [3.05, 3.63) is 35.9 Å². The molecule has 0 radical (unpaired) electrons. The Morgan fingerprint density at radius 3 is 2.44 bits per heavy atom. The Labute approximate surface area is 161 Å². The van der Waals surface area contributed by atoms with E-state index < -0.39 is 11.9 Å². The number of urea groups is 1. The van der Waals surface area contributed by atoms with Gasteiger partial charge in [-0.05, 0) is 49.0 Å². The summed E-state index contributed by atoms with van der Waals surface area (Å²) in [6.07, 6.45) is 0. The third kappa shape index (κ3) is 5.68. The number of hydrogen-bond donors (Lipinski definition) is 4. The molecule has 27 heavy (non-hydrogen) atoms. The second-order valence-electron chi connectivity index (χ2n) is 5.68. The van der Waals surface area contributed by atoms with Crippen LogP contribution in [0, 0.1) is 0 Å². The number of likely N-dealkylation sites (N-methyl/N-ethyl adjacent to an activating group) is 1. The minimum Gasteiger partial charge on any atom is -0.492 e. The lowest BCUT2D eigenvalue weighted by Gasteiger charge is -2.18. The first kappa shape index (κ1) is 20.7. The first-order valence-corrected chi connectivity index (χ1v) is 9.40. The molecular formula is C18H24N4O4S. The molecule has 1 heterocycles. The van der Waals surface area contributed by atoms with E-state index in [1.807, 2.05) is 24.3 Å². The maximum Gasteiger partial charge on any atom is 0.343 e. The highest BCUT2D eigenvalue weighted by molar-refractivity contribution is 7.20. The number of ether oxygens (including phenoxy) is 1. The predicted molar refractivity (Wildman–Crippen MR) is 105 cm³/mol. The van der Waals surface area contributed by atoms with Crippen molar-refractivity contribution in [3.63, 3.8) is 0 Å². The minimum absolute atomic E-state index is 0.179. The van der Waals surface area contributed by atoms with E-state index in [4.69, 9.17) is 15.7 Å². The van der Waals surface area contributed by atoms with Crippen LogP contribution in [0.1, 0.15) is 24.2 Å². The number of primary amides is 1. The maximum atomic E-state index is 11.6. The van der Waals surface area contributed by atoms with Crippen LogP contribution in [-0.2, 0) is 0 Å². The standard InChI is InChI=1S/C18H24N4O4S/c1-3-22(4-2)9-10-26-13-7-5-12(6-8-13)15-11-14(16(19)23)17(27-15)20-18(24)21-25/h5-8,11,25H,3-4,9-10H2,1-2H3,(H2,19,23)(H2,20,21,24). The zero-order valence-electron chi connectivity index (χ0n) is 15.3. The van der Waals surface area contributed by atoms with Crippen LogP contribution in [0.5, 0.6) is 5.75 Å². The zero-order chi connectivity index (χ0) is 19.8. The molecule has 0 aliphatic carbocycles. The van der Waals surface area contributed by atoms with Gasteiger partial charge in [0.1, 0.15) is 17.4 Å². The van der Waals surface area contributed by atoms with Gasteiger partial charge in [-0.3, -0.25) is 15.3 Å². The van der Waals surface area contributed by atoms with E-state index in [0.717, 1.165) is 35.8 Å². The first-order chi connectivity index (χ1) is 13.0. The Bertz CT molecular complexity index is 772. The average Bonchev–Trinajstić information content (AvgIpc) is 3.09. The summed E-state index contributed by atoms with van der Waals surface area (Å²) in [6, 6.07) is 8.22. The van der Waals surface area contributed by atoms with Gasteiger partial charge in [0, 0.05) is 11.4 Å². The number of hydrogen-bond acceptors (Lipinski definition) is 6. The summed E-state index contributed by atoms with van der Waals surface area (Å²) >= 11 is 1.19. The number of rotatable bonds is 9. The monoisotopic (exact) mass is 392 g/mol. The van der Waals surface area contributed by atoms with E-state index in [1.165, 1.54) is 16.8 Å². The van der Waals surface area contributed by atoms with Gasteiger partial charge in [-0.15, -0.1) is 11.3 Å². The summed E-state index contributed by atoms with van der Waals surface area (Å²) in [7, 11) is 0. The Hall–Kier alpha value is -2.62. The minimum atomic E-state index is -0.845. The molecule has 3 amide bonds. The van der Waals surface area contributed by atoms with E-state index in [-0.39, 0.29) is 10.6 Å². The fourth-order valence-corrected chi connectivity index (χ4v) is 3.55. The summed E-state index contributed by atoms with van der Waals surface area (Å²) < 4.78 is 5.76. The second-order valence-corrected chi connectivity index (χ2v) is 6.74. The van der Waals surface area contributed by atoms with E-state index in [1.54, 1.807) is 6.07 Å². The smallest absolute Gasteiger partial charge is 0.343 e. The normalized spacial score (nSPS) is 10.7. The third-order valence-corrected chi connectivity index (χ3v) is 5.14. The number of anilines is 1. The van der Waals surface area contributed by atoms with E-state index >= 15 is 0 Å². The van der Waals surface area contributed by atoms with Crippen LogP contribution in [0.15, 0.2) is 30.3 Å². The van der Waals surface area contributed by atoms with Gasteiger partial charge in [-0.2, -0.15) is 0 Å². The molecule has 5 N–H and O–H groups in total. The summed E-state index contributed by atoms with van der Waals surface area (Å²) in [4.78, 5) is 25.9. The van der Waals surface area contributed by atoms with Gasteiger partial charge in [0.05, 0.1) is 5.56 Å². The molecule has 9 heteroatoms. The van der Waals surface area contributed by atoms with Gasteiger partial charge in [0.15, 0.2) is 0 Å². The largest absolute Gasteiger partial charge is 0.492 e. The Kier molecular flexibility index (Phi) is 7.59. The Morgan fingerprint density at radius 1 is 1.22 bits per heavy atom. The van der Waals surface area contributed by atoms with Crippen molar-refractivity contribution in [2.45, 2.75) is 13.8 Å². The number of carbonyl (C=O) groups is 2. The molecule has 0 fully saturated rings. The first-order valence-electron chi connectivity index (χ1n) is 8.58. The molecule has 0 spiro atoms. The van der Waals surface area contributed by atoms with Crippen LogP contribution in [0.4, 0.5) is 9.80 Å². The van der Waals surface area contributed by atoms with Crippen molar-refractivity contribution >= 4 is 28.3 Å². The molecule has 2 aromatic rings. The molecule has 0 atom stereocenters. The van der Waals surface area contributed by atoms with Crippen LogP contribution in [-0.4, -0.2) is 48.3 Å². The number of nitrogens with one attached hydrogen (secondary N) is 2. The zero-order valence-corrected chi connectivity index (χ0v) is 16.1. The molecule has 0 aliphatic heterocycles. The number of carbonyl (C=O) groups excluding carboxylic acids is 2. The van der Waals surface area contributed by atoms with Crippen molar-refractivity contribution in [2.24, 2.45) is 5.73 Å². The number of nitrogens with zero attached hydrogens (tertiary/aromatic N) is 1. The predicted octanol–water partition coefficient (Wildman–Crippen LogP) is 2.75. The van der Waals surface area contributed by atoms with Crippen LogP contribution in [0.25, 0.3) is 10.4 Å². The van der Waals surface area contributed by atoms with E-state index in [0.29, 0.717) is 6.61 Å². The maximum absolute atomic E-state index is 11.6. The molecule has 1 aromatic carbocycles. The van der Waals surface area contributed by atoms with Crippen LogP contribution < -0.4 is 21.3 Å². The van der Waals surface area contributed by atoms with E-state index in [9.17, 15) is 9.59 Å². The molecule has 1 aromatic heterocycles. The summed E-state index contributed by atoms with van der Waals surface area (Å²) in [6.45, 7) is 7.69. The van der Waals surface area contributed by atoms with Crippen molar-refractivity contribution in [1.29, 1.82) is 0 Å². The van der Waals surface area contributed by atoms with Crippen molar-refractivity contribution in [3.8, 4) is 16.2 Å². The topological polar surface area (TPSA) is 117 Å². The lowest BCUT2D eigenvalue weighted by atomic mass is 10.1. The number of benzene rings is 1. The molecule has 0 bridgehead atoms. The van der Waals surface area contributed by atoms with Gasteiger partial charge in [0.2, 0.25) is 0 Å². The average molecular weight is 392 g/mol. The van der Waals surface area contributed by atoms with Crippen molar-refractivity contribution in [2.75, 3.05) is 31.6 Å². The molecule has 0 unspecified atom stereocenters. The lowest BCUT2D eigenvalue weighted by molar-refractivity contribution is 0.100. The quantitative estimate of drug-likeness (QED) is 0.387. The Morgan fingerprint density at radius 2 is 1.89 bits per heavy atom. The molecule has 2 rings (SSSR count). The van der Waals surface area contributed by atoms with Crippen LogP contribution in [0.3, 0.4) is 0 Å². The fraction of sp³-hybridized carbons (Fsp3) is 0.333. The lowest BCUT2D eigenvalue weighted by Crippen LogP contribution is -2.27. The van der Waals surface area contributed by atoms with Crippen molar-refractivity contribution < 1.29 is 19.5 Å². The highest BCUT2D eigenvalue weighted by Gasteiger charge is 2.16. The van der Waals surface area contributed by atoms with E-state index in [2.05, 4.69) is 24.1 Å². The highest BCUT2D eigenvalue weighted by Crippen LogP contribution is 2.35. The number of nitrogens with two attached hydrogens (primary N) is 1. The molecule has 8 nitrogen and oxygen atoms in total. The van der Waals surface area contributed by atoms with Gasteiger partial charge >= 0.3 is 6.03 Å². The number of thiophene rings is 1. The van der Waals surface area contributed by atoms with Gasteiger partial charge < -0.3 is 15.4 Å². The number of hydroxylamine groups is 1. The molecule has 0 aliphatic rings. The van der Waals surface area contributed by atoms with Gasteiger partial charge in [-0.25, -0.2) is 10.3 Å². The van der Waals surface area contributed by atoms with Gasteiger partial charge in [0.25, 0.3) is 5.91 Å². The molecular weight excluding hydrogens is 368 g/mol. The summed E-state index contributed by atoms with van der Waals surface area (Å²) in [5.74, 6) is 0.0951. The van der Waals surface area contributed by atoms with Gasteiger partial charge in [-0.1, -0.05) is 13.8 Å². The molecule has 0 saturated carbocycles. The van der Waals surface area contributed by atoms with Crippen LogP contribution in [0.2, 0.25) is 0 Å². The fourth-order valence-electron chi connectivity index (χ4n) is 2.49. The molecule has 146 valence electrons. The summed E-state index contributed by atoms with van der Waals surface area (Å²) in [5, 5.41) is 11.3. The SMILES string of the molecule is CCN(CC)CCOc1ccc(-c2cc(C(N)=O)c(NC(=O)NO)s2)cc1. The number of amides is 3. The van der Waals surface area contributed by atoms with Crippen molar-refractivity contribution in [1.82, 2.24) is 10.4 Å². The second kappa shape index (κ2) is 9.91. The Balaban J connectivity index is 2.09. The summed E-state index contributed by atoms with van der Waals surface area (Å²) in [5.41, 5.74) is 7.85. The third-order valence-electron chi connectivity index (χ3n) is 4.04. The highest BCUT2D eigenvalue weighted by atomic mass is 32.1.